The van der Waals surface area contributed by atoms with Crippen molar-refractivity contribution >= 4 is 12.0 Å². The van der Waals surface area contributed by atoms with Crippen LogP contribution in [-0.4, -0.2) is 17.7 Å². The summed E-state index contributed by atoms with van der Waals surface area (Å²) in [6, 6.07) is 7.43. The molecule has 1 N–H and O–H groups in total. The van der Waals surface area contributed by atoms with Crippen LogP contribution in [-0.2, 0) is 4.79 Å². The normalized spacial score (nSPS) is 12.8. The monoisotopic (exact) mass is 262 g/mol. The van der Waals surface area contributed by atoms with Gasteiger partial charge in [-0.2, -0.15) is 0 Å². The lowest BCUT2D eigenvalue weighted by molar-refractivity contribution is -0.131. The maximum atomic E-state index is 10.4. The van der Waals surface area contributed by atoms with Gasteiger partial charge in [0.25, 0.3) is 0 Å². The Morgan fingerprint density at radius 1 is 1.26 bits per heavy atom. The smallest absolute Gasteiger partial charge is 0.328 e. The Morgan fingerprint density at radius 3 is 2.42 bits per heavy atom. The zero-order chi connectivity index (χ0) is 14.3. The minimum Gasteiger partial charge on any atom is -0.493 e. The number of ether oxygens (including phenoxy) is 1. The summed E-state index contributed by atoms with van der Waals surface area (Å²) in [6.07, 6.45) is 3.84. The van der Waals surface area contributed by atoms with Gasteiger partial charge in [0.2, 0.25) is 0 Å². The highest BCUT2D eigenvalue weighted by atomic mass is 16.5. The van der Waals surface area contributed by atoms with E-state index in [-0.39, 0.29) is 0 Å². The molecule has 0 aliphatic carbocycles. The van der Waals surface area contributed by atoms with E-state index in [1.807, 2.05) is 24.3 Å². The average Bonchev–Trinajstić information content (AvgIpc) is 2.34. The van der Waals surface area contributed by atoms with E-state index in [0.29, 0.717) is 18.4 Å². The van der Waals surface area contributed by atoms with Crippen molar-refractivity contribution in [1.29, 1.82) is 0 Å². The van der Waals surface area contributed by atoms with Gasteiger partial charge in [0.05, 0.1) is 6.61 Å². The lowest BCUT2D eigenvalue weighted by Gasteiger charge is -2.15. The predicted molar refractivity (Wildman–Crippen MR) is 77.2 cm³/mol. The van der Waals surface area contributed by atoms with Crippen molar-refractivity contribution in [2.24, 2.45) is 11.8 Å². The third-order valence-electron chi connectivity index (χ3n) is 2.71. The molecule has 1 atom stereocenters. The highest BCUT2D eigenvalue weighted by Gasteiger charge is 2.05. The van der Waals surface area contributed by atoms with Crippen LogP contribution in [0.25, 0.3) is 6.08 Å². The highest BCUT2D eigenvalue weighted by molar-refractivity contribution is 5.85. The van der Waals surface area contributed by atoms with E-state index in [1.54, 1.807) is 6.08 Å². The molecule has 0 saturated heterocycles. The van der Waals surface area contributed by atoms with Crippen molar-refractivity contribution in [1.82, 2.24) is 0 Å². The molecule has 0 aliphatic heterocycles. The molecule has 0 heterocycles. The van der Waals surface area contributed by atoms with Gasteiger partial charge in [-0.05, 0) is 42.0 Å². The Labute approximate surface area is 114 Å². The fraction of sp³-hybridized carbons (Fsp3) is 0.438. The molecule has 1 rings (SSSR count). The summed E-state index contributed by atoms with van der Waals surface area (Å²) in [5.41, 5.74) is 0.852. The van der Waals surface area contributed by atoms with E-state index in [9.17, 15) is 4.79 Å². The molecule has 0 fully saturated rings. The van der Waals surface area contributed by atoms with Gasteiger partial charge in [-0.3, -0.25) is 0 Å². The van der Waals surface area contributed by atoms with Crippen LogP contribution in [0.2, 0.25) is 0 Å². The summed E-state index contributed by atoms with van der Waals surface area (Å²) in [6.45, 7) is 7.31. The minimum atomic E-state index is -0.942. The summed E-state index contributed by atoms with van der Waals surface area (Å²) >= 11 is 0. The molecule has 0 radical (unpaired) electrons. The van der Waals surface area contributed by atoms with Crippen molar-refractivity contribution in [2.45, 2.75) is 27.2 Å². The molecule has 19 heavy (non-hydrogen) atoms. The molecule has 1 aromatic carbocycles. The van der Waals surface area contributed by atoms with Gasteiger partial charge < -0.3 is 9.84 Å². The lowest BCUT2D eigenvalue weighted by atomic mass is 10.00. The van der Waals surface area contributed by atoms with Crippen LogP contribution in [0.3, 0.4) is 0 Å². The van der Waals surface area contributed by atoms with Gasteiger partial charge in [0.15, 0.2) is 0 Å². The largest absolute Gasteiger partial charge is 0.493 e. The van der Waals surface area contributed by atoms with E-state index in [1.165, 1.54) is 0 Å². The first-order valence-electron chi connectivity index (χ1n) is 6.61. The summed E-state index contributed by atoms with van der Waals surface area (Å²) in [5.74, 6) is 1.10. The maximum absolute atomic E-state index is 10.4. The summed E-state index contributed by atoms with van der Waals surface area (Å²) in [7, 11) is 0. The molecule has 3 heteroatoms. The van der Waals surface area contributed by atoms with Gasteiger partial charge in [-0.25, -0.2) is 4.79 Å². The zero-order valence-corrected chi connectivity index (χ0v) is 11.8. The topological polar surface area (TPSA) is 46.5 Å². The number of carboxylic acids is 1. The van der Waals surface area contributed by atoms with Crippen LogP contribution in [0.5, 0.6) is 5.75 Å². The third-order valence-corrected chi connectivity index (χ3v) is 2.71. The number of hydrogen-bond acceptors (Lipinski definition) is 2. The van der Waals surface area contributed by atoms with E-state index in [0.717, 1.165) is 23.8 Å². The molecule has 3 nitrogen and oxygen atoms in total. The van der Waals surface area contributed by atoms with Gasteiger partial charge >= 0.3 is 5.97 Å². The van der Waals surface area contributed by atoms with E-state index in [4.69, 9.17) is 9.84 Å². The Bertz CT molecular complexity index is 418. The number of benzene rings is 1. The molecule has 104 valence electrons. The van der Waals surface area contributed by atoms with Crippen LogP contribution in [0.4, 0.5) is 0 Å². The second-order valence-electron chi connectivity index (χ2n) is 5.29. The molecular weight excluding hydrogens is 240 g/mol. The number of carboxylic acid groups (broad SMARTS) is 1. The second kappa shape index (κ2) is 7.62. The van der Waals surface area contributed by atoms with Gasteiger partial charge in [0, 0.05) is 6.08 Å². The third kappa shape index (κ3) is 6.65. The molecule has 0 bridgehead atoms. The fourth-order valence-electron chi connectivity index (χ4n) is 1.95. The average molecular weight is 262 g/mol. The molecule has 0 spiro atoms. The van der Waals surface area contributed by atoms with Crippen molar-refractivity contribution in [2.75, 3.05) is 6.61 Å². The Kier molecular flexibility index (Phi) is 6.13. The number of carbonyl (C=O) groups is 1. The molecule has 0 saturated carbocycles. The fourth-order valence-corrected chi connectivity index (χ4v) is 1.95. The van der Waals surface area contributed by atoms with Gasteiger partial charge in [0.1, 0.15) is 5.75 Å². The van der Waals surface area contributed by atoms with Gasteiger partial charge in [-0.15, -0.1) is 0 Å². The summed E-state index contributed by atoms with van der Waals surface area (Å²) < 4.78 is 5.71. The van der Waals surface area contributed by atoms with Crippen LogP contribution in [0, 0.1) is 11.8 Å². The molecule has 1 aromatic rings. The number of hydrogen-bond donors (Lipinski definition) is 1. The lowest BCUT2D eigenvalue weighted by Crippen LogP contribution is -2.10. The quantitative estimate of drug-likeness (QED) is 0.759. The zero-order valence-electron chi connectivity index (χ0n) is 11.8. The van der Waals surface area contributed by atoms with E-state index < -0.39 is 5.97 Å². The van der Waals surface area contributed by atoms with Crippen molar-refractivity contribution < 1.29 is 14.6 Å². The predicted octanol–water partition coefficient (Wildman–Crippen LogP) is 3.85. The van der Waals surface area contributed by atoms with Crippen molar-refractivity contribution in [3.63, 3.8) is 0 Å². The van der Waals surface area contributed by atoms with Crippen molar-refractivity contribution in [3.05, 3.63) is 35.9 Å². The Hall–Kier alpha value is -1.77. The van der Waals surface area contributed by atoms with Crippen molar-refractivity contribution in [3.8, 4) is 5.75 Å². The first-order valence-corrected chi connectivity index (χ1v) is 6.61. The highest BCUT2D eigenvalue weighted by Crippen LogP contribution is 2.16. The molecular formula is C16H22O3. The van der Waals surface area contributed by atoms with Crippen LogP contribution in [0.1, 0.15) is 32.8 Å². The molecule has 0 amide bonds. The standard InChI is InChI=1S/C16H22O3/c1-12(2)10-13(3)11-19-15-7-4-14(5-8-15)6-9-16(17)18/h4-9,12-13H,10-11H2,1-3H3,(H,17,18)/b9-6+. The number of rotatable bonds is 7. The first-order chi connectivity index (χ1) is 8.97. The minimum absolute atomic E-state index is 0.534. The van der Waals surface area contributed by atoms with Crippen LogP contribution in [0.15, 0.2) is 30.3 Å². The molecule has 0 aromatic heterocycles. The summed E-state index contributed by atoms with van der Waals surface area (Å²) in [4.78, 5) is 10.4. The molecule has 1 unspecified atom stereocenters. The SMILES string of the molecule is CC(C)CC(C)COc1ccc(/C=C/C(=O)O)cc1. The second-order valence-corrected chi connectivity index (χ2v) is 5.29. The first kappa shape index (κ1) is 15.3. The van der Waals surface area contributed by atoms with Crippen LogP contribution < -0.4 is 4.74 Å². The number of aliphatic carboxylic acids is 1. The Morgan fingerprint density at radius 2 is 1.89 bits per heavy atom. The van der Waals surface area contributed by atoms with E-state index in [2.05, 4.69) is 20.8 Å². The maximum Gasteiger partial charge on any atom is 0.328 e. The summed E-state index contributed by atoms with van der Waals surface area (Å²) in [5, 5.41) is 8.54. The van der Waals surface area contributed by atoms with E-state index >= 15 is 0 Å². The van der Waals surface area contributed by atoms with Gasteiger partial charge in [-0.1, -0.05) is 32.9 Å². The molecule has 0 aliphatic rings. The Balaban J connectivity index is 2.46. The van der Waals surface area contributed by atoms with Crippen LogP contribution >= 0.6 is 0 Å².